The van der Waals surface area contributed by atoms with Gasteiger partial charge in [-0.25, -0.2) is 0 Å². The Morgan fingerprint density at radius 1 is 1.00 bits per heavy atom. The highest BCUT2D eigenvalue weighted by atomic mass is 16.1. The average Bonchev–Trinajstić information content (AvgIpc) is 2.26. The second-order valence-electron chi connectivity index (χ2n) is 4.69. The van der Waals surface area contributed by atoms with Crippen molar-refractivity contribution in [3.63, 3.8) is 0 Å². The molecule has 0 saturated heterocycles. The number of allylic oxidation sites excluding steroid dienone is 4. The Morgan fingerprint density at radius 2 is 1.46 bits per heavy atom. The number of carbonyl (C=O) groups is 1. The Balaban J connectivity index is 2.69. The van der Waals surface area contributed by atoms with Crippen molar-refractivity contribution in [1.82, 2.24) is 0 Å². The van der Waals surface area contributed by atoms with Crippen LogP contribution in [0.2, 0.25) is 0 Å². The minimum atomic E-state index is -0.221. The maximum Gasteiger partial charge on any atom is 0.166 e. The first-order chi connectivity index (χ1) is 5.86. The lowest BCUT2D eigenvalue weighted by Gasteiger charge is -2.53. The molecule has 1 heteroatoms. The zero-order valence-electron chi connectivity index (χ0n) is 8.99. The van der Waals surface area contributed by atoms with Crippen molar-refractivity contribution in [3.8, 4) is 0 Å². The van der Waals surface area contributed by atoms with Crippen LogP contribution in [0.3, 0.4) is 0 Å². The molecule has 0 aromatic heterocycles. The van der Waals surface area contributed by atoms with Gasteiger partial charge in [0.15, 0.2) is 5.78 Å². The molecule has 0 spiro atoms. The van der Waals surface area contributed by atoms with Gasteiger partial charge in [0.25, 0.3) is 0 Å². The summed E-state index contributed by atoms with van der Waals surface area (Å²) in [7, 11) is 0. The van der Waals surface area contributed by atoms with Crippen molar-refractivity contribution in [2.75, 3.05) is 0 Å². The van der Waals surface area contributed by atoms with Crippen LogP contribution in [-0.4, -0.2) is 5.78 Å². The van der Waals surface area contributed by atoms with Crippen LogP contribution in [-0.2, 0) is 4.79 Å². The standard InChI is InChI=1S/C12H16O/c1-7-6-10(13)12(5)9(3)8(2)11(7,12)4/h6H,1-5H3/t11-,12+/m0/s1. The summed E-state index contributed by atoms with van der Waals surface area (Å²) in [4.78, 5) is 11.8. The van der Waals surface area contributed by atoms with Gasteiger partial charge in [-0.3, -0.25) is 4.79 Å². The third-order valence-corrected chi connectivity index (χ3v) is 4.69. The molecule has 0 amide bonds. The number of hydrogen-bond acceptors (Lipinski definition) is 1. The number of fused-ring (bicyclic) bond motifs is 1. The summed E-state index contributed by atoms with van der Waals surface area (Å²) < 4.78 is 0. The van der Waals surface area contributed by atoms with Crippen LogP contribution in [0.25, 0.3) is 0 Å². The second-order valence-corrected chi connectivity index (χ2v) is 4.69. The van der Waals surface area contributed by atoms with Gasteiger partial charge in [0, 0.05) is 5.41 Å². The molecule has 0 saturated carbocycles. The van der Waals surface area contributed by atoms with E-state index in [2.05, 4.69) is 34.6 Å². The molecule has 2 rings (SSSR count). The van der Waals surface area contributed by atoms with E-state index in [-0.39, 0.29) is 16.6 Å². The lowest BCUT2D eigenvalue weighted by atomic mass is 9.48. The highest BCUT2D eigenvalue weighted by molar-refractivity contribution is 6.04. The van der Waals surface area contributed by atoms with Gasteiger partial charge in [-0.1, -0.05) is 23.6 Å². The molecule has 70 valence electrons. The van der Waals surface area contributed by atoms with Crippen LogP contribution >= 0.6 is 0 Å². The first kappa shape index (κ1) is 8.74. The molecule has 0 radical (unpaired) electrons. The van der Waals surface area contributed by atoms with Crippen LogP contribution in [0.5, 0.6) is 0 Å². The Bertz CT molecular complexity index is 373. The van der Waals surface area contributed by atoms with Gasteiger partial charge in [0.05, 0.1) is 5.41 Å². The van der Waals surface area contributed by atoms with Crippen LogP contribution < -0.4 is 0 Å². The Morgan fingerprint density at radius 3 is 1.92 bits per heavy atom. The normalized spacial score (nSPS) is 43.2. The molecule has 0 N–H and O–H groups in total. The summed E-state index contributed by atoms with van der Waals surface area (Å²) in [6.45, 7) is 10.6. The molecule has 2 atom stereocenters. The number of hydrogen-bond donors (Lipinski definition) is 0. The zero-order chi connectivity index (χ0) is 10.0. The first-order valence-corrected chi connectivity index (χ1v) is 4.78. The van der Waals surface area contributed by atoms with Crippen LogP contribution in [0.4, 0.5) is 0 Å². The van der Waals surface area contributed by atoms with E-state index in [1.54, 1.807) is 0 Å². The zero-order valence-corrected chi connectivity index (χ0v) is 8.99. The van der Waals surface area contributed by atoms with Gasteiger partial charge >= 0.3 is 0 Å². The number of ketones is 1. The van der Waals surface area contributed by atoms with Crippen molar-refractivity contribution in [2.24, 2.45) is 10.8 Å². The van der Waals surface area contributed by atoms with E-state index >= 15 is 0 Å². The quantitative estimate of drug-likeness (QED) is 0.519. The van der Waals surface area contributed by atoms with Crippen LogP contribution in [0.15, 0.2) is 22.8 Å². The lowest BCUT2D eigenvalue weighted by molar-refractivity contribution is -0.124. The van der Waals surface area contributed by atoms with Gasteiger partial charge in [-0.2, -0.15) is 0 Å². The van der Waals surface area contributed by atoms with E-state index < -0.39 is 0 Å². The fourth-order valence-electron chi connectivity index (χ4n) is 3.04. The molecular formula is C12H16O. The van der Waals surface area contributed by atoms with E-state index in [9.17, 15) is 4.79 Å². The monoisotopic (exact) mass is 176 g/mol. The summed E-state index contributed by atoms with van der Waals surface area (Å²) in [5.74, 6) is 0.288. The Kier molecular flexibility index (Phi) is 1.32. The lowest BCUT2D eigenvalue weighted by Crippen LogP contribution is -2.50. The van der Waals surface area contributed by atoms with E-state index in [1.165, 1.54) is 16.7 Å². The maximum atomic E-state index is 11.8. The molecule has 0 bridgehead atoms. The summed E-state index contributed by atoms with van der Waals surface area (Å²) in [5, 5.41) is 0. The third kappa shape index (κ3) is 0.579. The van der Waals surface area contributed by atoms with Crippen molar-refractivity contribution in [1.29, 1.82) is 0 Å². The van der Waals surface area contributed by atoms with E-state index in [0.29, 0.717) is 0 Å². The first-order valence-electron chi connectivity index (χ1n) is 4.78. The van der Waals surface area contributed by atoms with E-state index in [0.717, 1.165) is 0 Å². The molecule has 0 unspecified atom stereocenters. The topological polar surface area (TPSA) is 17.1 Å². The summed E-state index contributed by atoms with van der Waals surface area (Å²) in [5.41, 5.74) is 3.68. The third-order valence-electron chi connectivity index (χ3n) is 4.69. The number of carbonyl (C=O) groups excluding carboxylic acids is 1. The molecule has 0 aromatic rings. The molecule has 0 aliphatic heterocycles. The summed E-state index contributed by atoms with van der Waals surface area (Å²) in [6.07, 6.45) is 1.82. The molecule has 2 aliphatic carbocycles. The molecule has 0 heterocycles. The smallest absolute Gasteiger partial charge is 0.166 e. The average molecular weight is 176 g/mol. The predicted molar refractivity (Wildman–Crippen MR) is 53.4 cm³/mol. The molecule has 0 aromatic carbocycles. The van der Waals surface area contributed by atoms with Crippen molar-refractivity contribution >= 4 is 5.78 Å². The summed E-state index contributed by atoms with van der Waals surface area (Å²) >= 11 is 0. The highest BCUT2D eigenvalue weighted by Crippen LogP contribution is 2.67. The summed E-state index contributed by atoms with van der Waals surface area (Å²) in [6, 6.07) is 0. The minimum absolute atomic E-state index is 0.0220. The van der Waals surface area contributed by atoms with Gasteiger partial charge in [-0.15, -0.1) is 0 Å². The predicted octanol–water partition coefficient (Wildman–Crippen LogP) is 2.88. The fraction of sp³-hybridized carbons (Fsp3) is 0.583. The molecule has 2 aliphatic rings. The molecule has 0 fully saturated rings. The van der Waals surface area contributed by atoms with Crippen molar-refractivity contribution in [2.45, 2.75) is 34.6 Å². The van der Waals surface area contributed by atoms with Crippen molar-refractivity contribution in [3.05, 3.63) is 22.8 Å². The van der Waals surface area contributed by atoms with Gasteiger partial charge in [0.1, 0.15) is 0 Å². The van der Waals surface area contributed by atoms with Gasteiger partial charge in [-0.05, 0) is 33.8 Å². The SMILES string of the molecule is CC1=CC(=O)[C@@]2(C)C(C)=C(C)[C@]12C. The minimum Gasteiger partial charge on any atom is -0.294 e. The highest BCUT2D eigenvalue weighted by Gasteiger charge is 2.63. The second kappa shape index (κ2) is 1.97. The molecule has 1 nitrogen and oxygen atoms in total. The van der Waals surface area contributed by atoms with Gasteiger partial charge in [0.2, 0.25) is 0 Å². The van der Waals surface area contributed by atoms with Crippen LogP contribution in [0, 0.1) is 10.8 Å². The fourth-order valence-corrected chi connectivity index (χ4v) is 3.04. The largest absolute Gasteiger partial charge is 0.294 e. The maximum absolute atomic E-state index is 11.8. The molecule has 13 heavy (non-hydrogen) atoms. The van der Waals surface area contributed by atoms with Crippen LogP contribution in [0.1, 0.15) is 34.6 Å². The Hall–Kier alpha value is -0.850. The number of rotatable bonds is 0. The van der Waals surface area contributed by atoms with Crippen molar-refractivity contribution < 1.29 is 4.79 Å². The Labute approximate surface area is 79.5 Å². The van der Waals surface area contributed by atoms with E-state index in [1.807, 2.05) is 6.08 Å². The van der Waals surface area contributed by atoms with E-state index in [4.69, 9.17) is 0 Å². The molecular weight excluding hydrogens is 160 g/mol. The van der Waals surface area contributed by atoms with Gasteiger partial charge < -0.3 is 0 Å².